The Balaban J connectivity index is 1.78. The standard InChI is InChI=1S/C19H20ClN3O6/c1-11-8-16(9-12(2)18(11)20)28-10-17(24)21-22-19(25)13(3)29-15-6-4-14(5-7-15)23(26)27/h4-9,13H,10H2,1-3H3,(H,21,24)(H,22,25). The van der Waals surface area contributed by atoms with Gasteiger partial charge in [0.2, 0.25) is 0 Å². The van der Waals surface area contributed by atoms with Crippen LogP contribution in [0.1, 0.15) is 18.1 Å². The highest BCUT2D eigenvalue weighted by atomic mass is 35.5. The average molecular weight is 422 g/mol. The monoisotopic (exact) mass is 421 g/mol. The Hall–Kier alpha value is -3.33. The van der Waals surface area contributed by atoms with E-state index in [0.717, 1.165) is 11.1 Å². The van der Waals surface area contributed by atoms with Crippen LogP contribution < -0.4 is 20.3 Å². The fourth-order valence-electron chi connectivity index (χ4n) is 2.31. The SMILES string of the molecule is Cc1cc(OCC(=O)NNC(=O)C(C)Oc2ccc([N+](=O)[O-])cc2)cc(C)c1Cl. The lowest BCUT2D eigenvalue weighted by Gasteiger charge is -2.15. The van der Waals surface area contributed by atoms with Gasteiger partial charge in [0.25, 0.3) is 17.5 Å². The number of nitro benzene ring substituents is 1. The lowest BCUT2D eigenvalue weighted by molar-refractivity contribution is -0.384. The zero-order valence-corrected chi connectivity index (χ0v) is 16.8. The summed E-state index contributed by atoms with van der Waals surface area (Å²) in [6.07, 6.45) is -0.945. The molecule has 0 saturated carbocycles. The van der Waals surface area contributed by atoms with E-state index in [1.54, 1.807) is 12.1 Å². The van der Waals surface area contributed by atoms with Crippen LogP contribution in [0.4, 0.5) is 5.69 Å². The summed E-state index contributed by atoms with van der Waals surface area (Å²) in [6, 6.07) is 8.70. The topological polar surface area (TPSA) is 120 Å². The number of nitro groups is 1. The lowest BCUT2D eigenvalue weighted by Crippen LogP contribution is -2.48. The van der Waals surface area contributed by atoms with Crippen LogP contribution in [0.5, 0.6) is 11.5 Å². The molecule has 0 aliphatic carbocycles. The Bertz CT molecular complexity index is 894. The number of benzene rings is 2. The first-order valence-electron chi connectivity index (χ1n) is 8.56. The summed E-state index contributed by atoms with van der Waals surface area (Å²) in [7, 11) is 0. The van der Waals surface area contributed by atoms with Gasteiger partial charge in [-0.2, -0.15) is 0 Å². The second kappa shape index (κ2) is 9.74. The predicted molar refractivity (Wildman–Crippen MR) is 106 cm³/mol. The minimum atomic E-state index is -0.945. The Morgan fingerprint density at radius 3 is 2.24 bits per heavy atom. The number of non-ortho nitro benzene ring substituents is 1. The lowest BCUT2D eigenvalue weighted by atomic mass is 10.1. The van der Waals surface area contributed by atoms with Crippen molar-refractivity contribution < 1.29 is 24.0 Å². The van der Waals surface area contributed by atoms with Crippen LogP contribution in [0.3, 0.4) is 0 Å². The number of carbonyl (C=O) groups excluding carboxylic acids is 2. The van der Waals surface area contributed by atoms with Gasteiger partial charge in [-0.1, -0.05) is 11.6 Å². The van der Waals surface area contributed by atoms with Crippen LogP contribution >= 0.6 is 11.6 Å². The zero-order valence-electron chi connectivity index (χ0n) is 16.0. The van der Waals surface area contributed by atoms with Crippen LogP contribution in [-0.4, -0.2) is 29.4 Å². The molecule has 0 saturated heterocycles. The van der Waals surface area contributed by atoms with E-state index >= 15 is 0 Å². The molecule has 154 valence electrons. The minimum absolute atomic E-state index is 0.0900. The van der Waals surface area contributed by atoms with Crippen molar-refractivity contribution in [1.82, 2.24) is 10.9 Å². The van der Waals surface area contributed by atoms with E-state index in [1.807, 2.05) is 13.8 Å². The first-order valence-corrected chi connectivity index (χ1v) is 8.94. The molecule has 0 heterocycles. The highest BCUT2D eigenvalue weighted by Gasteiger charge is 2.16. The van der Waals surface area contributed by atoms with Crippen LogP contribution in [0.2, 0.25) is 5.02 Å². The molecule has 2 N–H and O–H groups in total. The van der Waals surface area contributed by atoms with Gasteiger partial charge in [-0.05, 0) is 56.2 Å². The molecule has 2 rings (SSSR count). The van der Waals surface area contributed by atoms with Crippen molar-refractivity contribution in [1.29, 1.82) is 0 Å². The number of halogens is 1. The molecule has 0 radical (unpaired) electrons. The number of rotatable bonds is 7. The largest absolute Gasteiger partial charge is 0.484 e. The number of aryl methyl sites for hydroxylation is 2. The van der Waals surface area contributed by atoms with Crippen LogP contribution in [0.15, 0.2) is 36.4 Å². The van der Waals surface area contributed by atoms with Crippen molar-refractivity contribution in [3.8, 4) is 11.5 Å². The van der Waals surface area contributed by atoms with Gasteiger partial charge < -0.3 is 9.47 Å². The normalized spacial score (nSPS) is 11.3. The van der Waals surface area contributed by atoms with Crippen molar-refractivity contribution in [2.45, 2.75) is 26.9 Å². The second-order valence-electron chi connectivity index (χ2n) is 6.21. The van der Waals surface area contributed by atoms with Gasteiger partial charge in [0.05, 0.1) is 4.92 Å². The molecule has 29 heavy (non-hydrogen) atoms. The minimum Gasteiger partial charge on any atom is -0.484 e. The highest BCUT2D eigenvalue weighted by molar-refractivity contribution is 6.32. The molecule has 0 fully saturated rings. The van der Waals surface area contributed by atoms with Crippen molar-refractivity contribution >= 4 is 29.1 Å². The fourth-order valence-corrected chi connectivity index (χ4v) is 2.42. The Morgan fingerprint density at radius 2 is 1.69 bits per heavy atom. The molecule has 0 spiro atoms. The quantitative estimate of drug-likeness (QED) is 0.524. The summed E-state index contributed by atoms with van der Waals surface area (Å²) in [5.74, 6) is -0.400. The van der Waals surface area contributed by atoms with E-state index in [4.69, 9.17) is 21.1 Å². The van der Waals surface area contributed by atoms with Gasteiger partial charge in [0.15, 0.2) is 12.7 Å². The van der Waals surface area contributed by atoms with Gasteiger partial charge in [0, 0.05) is 17.2 Å². The number of ether oxygens (including phenoxy) is 2. The summed E-state index contributed by atoms with van der Waals surface area (Å²) in [5.41, 5.74) is 6.02. The summed E-state index contributed by atoms with van der Waals surface area (Å²) < 4.78 is 10.8. The molecule has 1 unspecified atom stereocenters. The summed E-state index contributed by atoms with van der Waals surface area (Å²) in [5, 5.41) is 11.3. The molecule has 2 aromatic carbocycles. The van der Waals surface area contributed by atoms with Crippen molar-refractivity contribution in [2.75, 3.05) is 6.61 Å². The Morgan fingerprint density at radius 1 is 1.10 bits per heavy atom. The maximum atomic E-state index is 12.0. The first kappa shape index (κ1) is 22.0. The van der Waals surface area contributed by atoms with E-state index in [1.165, 1.54) is 31.2 Å². The third-order valence-electron chi connectivity index (χ3n) is 3.83. The van der Waals surface area contributed by atoms with Gasteiger partial charge in [-0.15, -0.1) is 0 Å². The predicted octanol–water partition coefficient (Wildman–Crippen LogP) is 2.86. The van der Waals surface area contributed by atoms with Gasteiger partial charge in [-0.3, -0.25) is 30.6 Å². The summed E-state index contributed by atoms with van der Waals surface area (Å²) in [6.45, 7) is 4.82. The number of hydrogen-bond donors (Lipinski definition) is 2. The van der Waals surface area contributed by atoms with Crippen LogP contribution in [-0.2, 0) is 9.59 Å². The third kappa shape index (κ3) is 6.35. The zero-order chi connectivity index (χ0) is 21.6. The maximum absolute atomic E-state index is 12.0. The van der Waals surface area contributed by atoms with E-state index < -0.39 is 22.8 Å². The van der Waals surface area contributed by atoms with E-state index in [2.05, 4.69) is 10.9 Å². The van der Waals surface area contributed by atoms with Gasteiger partial charge >= 0.3 is 0 Å². The number of hydrogen-bond acceptors (Lipinski definition) is 6. The molecule has 2 aromatic rings. The highest BCUT2D eigenvalue weighted by Crippen LogP contribution is 2.25. The van der Waals surface area contributed by atoms with Gasteiger partial charge in [-0.25, -0.2) is 0 Å². The Labute approximate surface area is 172 Å². The van der Waals surface area contributed by atoms with Crippen LogP contribution in [0, 0.1) is 24.0 Å². The summed E-state index contributed by atoms with van der Waals surface area (Å²) in [4.78, 5) is 34.0. The number of nitrogens with one attached hydrogen (secondary N) is 2. The van der Waals surface area contributed by atoms with E-state index in [-0.39, 0.29) is 18.0 Å². The third-order valence-corrected chi connectivity index (χ3v) is 4.43. The van der Waals surface area contributed by atoms with E-state index in [0.29, 0.717) is 10.8 Å². The number of nitrogens with zero attached hydrogens (tertiary/aromatic N) is 1. The molecule has 0 aliphatic rings. The smallest absolute Gasteiger partial charge is 0.279 e. The van der Waals surface area contributed by atoms with Crippen molar-refractivity contribution in [3.63, 3.8) is 0 Å². The molecule has 2 amide bonds. The molecule has 10 heteroatoms. The van der Waals surface area contributed by atoms with Crippen molar-refractivity contribution in [3.05, 3.63) is 62.7 Å². The van der Waals surface area contributed by atoms with E-state index in [9.17, 15) is 19.7 Å². The van der Waals surface area contributed by atoms with Crippen LogP contribution in [0.25, 0.3) is 0 Å². The molecular weight excluding hydrogens is 402 g/mol. The maximum Gasteiger partial charge on any atom is 0.279 e. The Kier molecular flexibility index (Phi) is 7.38. The summed E-state index contributed by atoms with van der Waals surface area (Å²) >= 11 is 6.08. The second-order valence-corrected chi connectivity index (χ2v) is 6.59. The average Bonchev–Trinajstić information content (AvgIpc) is 2.68. The number of carbonyl (C=O) groups is 2. The number of hydrazine groups is 1. The molecule has 9 nitrogen and oxygen atoms in total. The molecule has 0 aromatic heterocycles. The molecule has 0 bridgehead atoms. The first-order chi connectivity index (χ1) is 13.7. The van der Waals surface area contributed by atoms with Gasteiger partial charge in [0.1, 0.15) is 11.5 Å². The molecule has 1 atom stereocenters. The van der Waals surface area contributed by atoms with Crippen molar-refractivity contribution in [2.24, 2.45) is 0 Å². The molecule has 0 aliphatic heterocycles. The number of amides is 2. The fraction of sp³-hybridized carbons (Fsp3) is 0.263. The molecular formula is C19H20ClN3O6.